The summed E-state index contributed by atoms with van der Waals surface area (Å²) in [5.74, 6) is -11.6. The topological polar surface area (TPSA) is 0 Å². The molecular weight excluding hydrogens is 505 g/mol. The molecule has 0 aliphatic rings. The SMILES string of the molecule is FC(F)(F)C(F)(F)C(F)(F)c1cccc2c1ccc1ccccc12.c1ccc2c(c1)ccc1ccccc12. The Labute approximate surface area is 212 Å². The van der Waals surface area contributed by atoms with Crippen molar-refractivity contribution in [1.29, 1.82) is 0 Å². The molecule has 0 N–H and O–H groups in total. The van der Waals surface area contributed by atoms with Gasteiger partial charge < -0.3 is 0 Å². The average molecular weight is 524 g/mol. The molecule has 6 aromatic carbocycles. The molecule has 7 heteroatoms. The zero-order chi connectivity index (χ0) is 27.1. The summed E-state index contributed by atoms with van der Waals surface area (Å²) in [5, 5.41) is 6.29. The van der Waals surface area contributed by atoms with Gasteiger partial charge in [-0.15, -0.1) is 0 Å². The lowest BCUT2D eigenvalue weighted by atomic mass is 9.93. The number of halogens is 7. The summed E-state index contributed by atoms with van der Waals surface area (Å²) in [6.07, 6.45) is -6.37. The number of alkyl halides is 7. The molecule has 0 heterocycles. The van der Waals surface area contributed by atoms with Gasteiger partial charge in [-0.2, -0.15) is 30.7 Å². The number of benzene rings is 6. The van der Waals surface area contributed by atoms with Gasteiger partial charge in [-0.25, -0.2) is 0 Å². The molecule has 0 amide bonds. The summed E-state index contributed by atoms with van der Waals surface area (Å²) < 4.78 is 92.2. The fourth-order valence-electron chi connectivity index (χ4n) is 4.62. The number of rotatable bonds is 2. The highest BCUT2D eigenvalue weighted by Crippen LogP contribution is 2.53. The predicted molar refractivity (Wildman–Crippen MR) is 138 cm³/mol. The molecule has 0 aliphatic carbocycles. The van der Waals surface area contributed by atoms with E-state index in [-0.39, 0.29) is 10.8 Å². The molecule has 0 saturated carbocycles. The van der Waals surface area contributed by atoms with Crippen LogP contribution in [0.1, 0.15) is 5.56 Å². The molecule has 38 heavy (non-hydrogen) atoms. The molecule has 0 spiro atoms. The van der Waals surface area contributed by atoms with Gasteiger partial charge in [0.1, 0.15) is 0 Å². The third kappa shape index (κ3) is 4.22. The lowest BCUT2D eigenvalue weighted by Crippen LogP contribution is -2.50. The van der Waals surface area contributed by atoms with E-state index in [0.29, 0.717) is 16.8 Å². The van der Waals surface area contributed by atoms with E-state index in [1.807, 2.05) is 0 Å². The highest BCUT2D eigenvalue weighted by Gasteiger charge is 2.73. The molecule has 0 radical (unpaired) electrons. The monoisotopic (exact) mass is 524 g/mol. The van der Waals surface area contributed by atoms with Crippen LogP contribution in [0.3, 0.4) is 0 Å². The Hall–Kier alpha value is -4.13. The van der Waals surface area contributed by atoms with Crippen LogP contribution in [0.25, 0.3) is 43.1 Å². The van der Waals surface area contributed by atoms with Crippen LogP contribution in [-0.2, 0) is 5.92 Å². The lowest BCUT2D eigenvalue weighted by Gasteiger charge is -2.29. The number of hydrogen-bond acceptors (Lipinski definition) is 0. The molecular formula is C31H19F7. The minimum absolute atomic E-state index is 0.184. The third-order valence-electron chi connectivity index (χ3n) is 6.53. The first kappa shape index (κ1) is 25.5. The van der Waals surface area contributed by atoms with Crippen LogP contribution in [0.5, 0.6) is 0 Å². The van der Waals surface area contributed by atoms with E-state index in [1.54, 1.807) is 24.3 Å². The minimum atomic E-state index is -6.37. The van der Waals surface area contributed by atoms with Crippen molar-refractivity contribution in [3.63, 3.8) is 0 Å². The second-order valence-corrected chi connectivity index (χ2v) is 8.84. The van der Waals surface area contributed by atoms with Crippen molar-refractivity contribution < 1.29 is 30.7 Å². The Morgan fingerprint density at radius 1 is 0.342 bits per heavy atom. The summed E-state index contributed by atoms with van der Waals surface area (Å²) in [6.45, 7) is 0. The van der Waals surface area contributed by atoms with Crippen molar-refractivity contribution in [2.45, 2.75) is 18.0 Å². The standard InChI is InChI=1S/C17H9F7.C14H10/c18-15(19,16(20,21)17(22,23)24)14-7-3-6-12-11-5-2-1-4-10(11)8-9-13(12)14;1-3-7-13-11(5-1)9-10-12-6-2-4-8-14(12)13/h1-9H;1-10H. The molecule has 6 rings (SSSR count). The van der Waals surface area contributed by atoms with E-state index in [9.17, 15) is 30.7 Å². The Balaban J connectivity index is 0.000000177. The van der Waals surface area contributed by atoms with Gasteiger partial charge >= 0.3 is 18.0 Å². The van der Waals surface area contributed by atoms with Crippen LogP contribution in [-0.4, -0.2) is 12.1 Å². The fourth-order valence-corrected chi connectivity index (χ4v) is 4.62. The molecule has 0 bridgehead atoms. The van der Waals surface area contributed by atoms with Gasteiger partial charge in [-0.3, -0.25) is 0 Å². The second kappa shape index (κ2) is 9.31. The smallest absolute Gasteiger partial charge is 0.194 e. The molecule has 0 aliphatic heterocycles. The minimum Gasteiger partial charge on any atom is -0.194 e. The zero-order valence-electron chi connectivity index (χ0n) is 19.6. The van der Waals surface area contributed by atoms with Crippen LogP contribution in [0.4, 0.5) is 30.7 Å². The first-order valence-corrected chi connectivity index (χ1v) is 11.6. The van der Waals surface area contributed by atoms with Crippen molar-refractivity contribution in [3.8, 4) is 0 Å². The zero-order valence-corrected chi connectivity index (χ0v) is 19.6. The Morgan fingerprint density at radius 2 is 0.737 bits per heavy atom. The summed E-state index contributed by atoms with van der Waals surface area (Å²) >= 11 is 0. The third-order valence-corrected chi connectivity index (χ3v) is 6.53. The predicted octanol–water partition coefficient (Wildman–Crippen LogP) is 10.3. The van der Waals surface area contributed by atoms with E-state index in [2.05, 4.69) is 60.7 Å². The number of fused-ring (bicyclic) bond motifs is 6. The molecule has 0 nitrogen and oxygen atoms in total. The summed E-state index contributed by atoms with van der Waals surface area (Å²) in [4.78, 5) is 0. The van der Waals surface area contributed by atoms with Crippen LogP contribution < -0.4 is 0 Å². The molecule has 6 aromatic rings. The maximum absolute atomic E-state index is 14.1. The Kier molecular flexibility index (Phi) is 6.25. The Bertz CT molecular complexity index is 1710. The summed E-state index contributed by atoms with van der Waals surface area (Å²) in [7, 11) is 0. The van der Waals surface area contributed by atoms with Gasteiger partial charge in [-0.05, 0) is 43.1 Å². The van der Waals surface area contributed by atoms with Crippen LogP contribution in [0, 0.1) is 0 Å². The van der Waals surface area contributed by atoms with Crippen LogP contribution >= 0.6 is 0 Å². The van der Waals surface area contributed by atoms with Crippen molar-refractivity contribution >= 4 is 43.1 Å². The van der Waals surface area contributed by atoms with Crippen molar-refractivity contribution in [2.24, 2.45) is 0 Å². The van der Waals surface area contributed by atoms with Gasteiger partial charge in [0.25, 0.3) is 0 Å². The maximum atomic E-state index is 14.1. The summed E-state index contributed by atoms with van der Waals surface area (Å²) in [6, 6.07) is 33.5. The lowest BCUT2D eigenvalue weighted by molar-refractivity contribution is -0.359. The van der Waals surface area contributed by atoms with E-state index in [1.165, 1.54) is 33.7 Å². The van der Waals surface area contributed by atoms with Crippen molar-refractivity contribution in [2.75, 3.05) is 0 Å². The molecule has 0 aromatic heterocycles. The summed E-state index contributed by atoms with van der Waals surface area (Å²) in [5.41, 5.74) is -1.35. The number of hydrogen-bond donors (Lipinski definition) is 0. The highest BCUT2D eigenvalue weighted by molar-refractivity contribution is 6.09. The average Bonchev–Trinajstić information content (AvgIpc) is 2.92. The maximum Gasteiger partial charge on any atom is 0.460 e. The molecule has 0 unspecified atom stereocenters. The molecule has 0 saturated heterocycles. The first-order chi connectivity index (χ1) is 18.0. The molecule has 0 fully saturated rings. The largest absolute Gasteiger partial charge is 0.460 e. The van der Waals surface area contributed by atoms with Gasteiger partial charge in [0, 0.05) is 5.56 Å². The van der Waals surface area contributed by atoms with Gasteiger partial charge in [-0.1, -0.05) is 115 Å². The van der Waals surface area contributed by atoms with Crippen molar-refractivity contribution in [1.82, 2.24) is 0 Å². The normalized spacial score (nSPS) is 12.6. The fraction of sp³-hybridized carbons (Fsp3) is 0.0968. The molecule has 192 valence electrons. The van der Waals surface area contributed by atoms with Crippen LogP contribution in [0.2, 0.25) is 0 Å². The van der Waals surface area contributed by atoms with Crippen LogP contribution in [0.15, 0.2) is 115 Å². The Morgan fingerprint density at radius 3 is 1.21 bits per heavy atom. The highest BCUT2D eigenvalue weighted by atomic mass is 19.4. The van der Waals surface area contributed by atoms with Gasteiger partial charge in [0.15, 0.2) is 0 Å². The van der Waals surface area contributed by atoms with E-state index >= 15 is 0 Å². The van der Waals surface area contributed by atoms with Crippen molar-refractivity contribution in [3.05, 3.63) is 121 Å². The van der Waals surface area contributed by atoms with E-state index in [4.69, 9.17) is 0 Å². The van der Waals surface area contributed by atoms with Gasteiger partial charge in [0.2, 0.25) is 0 Å². The van der Waals surface area contributed by atoms with E-state index in [0.717, 1.165) is 12.1 Å². The van der Waals surface area contributed by atoms with Gasteiger partial charge in [0.05, 0.1) is 0 Å². The quantitative estimate of drug-likeness (QED) is 0.156. The first-order valence-electron chi connectivity index (χ1n) is 11.6. The second-order valence-electron chi connectivity index (χ2n) is 8.84. The molecule has 0 atom stereocenters. The van der Waals surface area contributed by atoms with E-state index < -0.39 is 23.6 Å².